The van der Waals surface area contributed by atoms with Gasteiger partial charge in [0.2, 0.25) is 10.0 Å². The van der Waals surface area contributed by atoms with Crippen molar-refractivity contribution in [1.29, 1.82) is 0 Å². The minimum Gasteiger partial charge on any atom is -0.297 e. The molecule has 29 heavy (non-hydrogen) atoms. The van der Waals surface area contributed by atoms with Crippen LogP contribution in [0.1, 0.15) is 22.7 Å². The maximum Gasteiger partial charge on any atom is 0.416 e. The van der Waals surface area contributed by atoms with E-state index in [4.69, 9.17) is 4.84 Å². The quantitative estimate of drug-likeness (QED) is 0.731. The Morgan fingerprint density at radius 3 is 2.55 bits per heavy atom. The van der Waals surface area contributed by atoms with E-state index in [0.717, 1.165) is 23.3 Å². The molecular weight excluding hydrogens is 419 g/mol. The number of hydrogen-bond acceptors (Lipinski definition) is 4. The molecule has 0 bridgehead atoms. The van der Waals surface area contributed by atoms with Crippen LogP contribution in [0.2, 0.25) is 0 Å². The first kappa shape index (κ1) is 21.6. The average molecular weight is 436 g/mol. The Bertz CT molecular complexity index is 997. The molecule has 0 saturated carbocycles. The second-order valence-electron chi connectivity index (χ2n) is 6.53. The third-order valence-corrected chi connectivity index (χ3v) is 6.35. The van der Waals surface area contributed by atoms with Gasteiger partial charge in [-0.25, -0.2) is 21.9 Å². The molecule has 2 atom stereocenters. The normalized spacial score (nSPS) is 20.9. The minimum absolute atomic E-state index is 0.101. The van der Waals surface area contributed by atoms with Gasteiger partial charge < -0.3 is 0 Å². The van der Waals surface area contributed by atoms with Gasteiger partial charge in [0.1, 0.15) is 5.25 Å². The van der Waals surface area contributed by atoms with Crippen LogP contribution in [-0.4, -0.2) is 32.4 Å². The van der Waals surface area contributed by atoms with Crippen molar-refractivity contribution in [2.24, 2.45) is 0 Å². The first-order valence-corrected chi connectivity index (χ1v) is 9.99. The van der Waals surface area contributed by atoms with E-state index in [2.05, 4.69) is 4.72 Å². The summed E-state index contributed by atoms with van der Waals surface area (Å²) in [5, 5.41) is -0.180. The summed E-state index contributed by atoms with van der Waals surface area (Å²) in [5.41, 5.74) is -0.999. The van der Waals surface area contributed by atoms with Crippen LogP contribution < -0.4 is 4.72 Å². The van der Waals surface area contributed by atoms with E-state index in [1.54, 1.807) is 0 Å². The fourth-order valence-corrected chi connectivity index (χ4v) is 4.63. The lowest BCUT2D eigenvalue weighted by Crippen LogP contribution is -2.39. The van der Waals surface area contributed by atoms with Gasteiger partial charge in [0.15, 0.2) is 11.6 Å². The first-order chi connectivity index (χ1) is 13.5. The van der Waals surface area contributed by atoms with Crippen LogP contribution >= 0.6 is 0 Å². The standard InChI is InChI=1S/C18H17F5N2O3S/c1-25-17(13-6-3-7-14(19)16(13)20)15(10-28-25)29(26,27)24-9-11-4-2-5-12(8-11)18(21,22)23/h2-8,15,17,24H,9-10H2,1H3. The molecule has 3 rings (SSSR count). The summed E-state index contributed by atoms with van der Waals surface area (Å²) in [6, 6.07) is 6.50. The Kier molecular flexibility index (Phi) is 5.95. The largest absolute Gasteiger partial charge is 0.416 e. The predicted octanol–water partition coefficient (Wildman–Crippen LogP) is 3.39. The maximum absolute atomic E-state index is 14.2. The third kappa shape index (κ3) is 4.58. The van der Waals surface area contributed by atoms with Gasteiger partial charge in [-0.05, 0) is 17.7 Å². The highest BCUT2D eigenvalue weighted by atomic mass is 32.2. The summed E-state index contributed by atoms with van der Waals surface area (Å²) in [4.78, 5) is 5.21. The van der Waals surface area contributed by atoms with E-state index >= 15 is 0 Å². The zero-order chi connectivity index (χ0) is 21.4. The van der Waals surface area contributed by atoms with Gasteiger partial charge in [0, 0.05) is 19.2 Å². The fraction of sp³-hybridized carbons (Fsp3) is 0.333. The van der Waals surface area contributed by atoms with E-state index in [9.17, 15) is 30.4 Å². The molecule has 0 radical (unpaired) electrons. The van der Waals surface area contributed by atoms with E-state index in [0.29, 0.717) is 0 Å². The Morgan fingerprint density at radius 2 is 1.86 bits per heavy atom. The number of nitrogens with zero attached hydrogens (tertiary/aromatic N) is 1. The number of nitrogens with one attached hydrogen (secondary N) is 1. The van der Waals surface area contributed by atoms with Gasteiger partial charge in [-0.3, -0.25) is 4.84 Å². The number of halogens is 5. The molecule has 11 heteroatoms. The summed E-state index contributed by atoms with van der Waals surface area (Å²) in [6.45, 7) is -0.722. The summed E-state index contributed by atoms with van der Waals surface area (Å²) in [7, 11) is -2.77. The lowest BCUT2D eigenvalue weighted by atomic mass is 10.0. The van der Waals surface area contributed by atoms with Crippen molar-refractivity contribution in [1.82, 2.24) is 9.79 Å². The van der Waals surface area contributed by atoms with Crippen molar-refractivity contribution in [3.05, 3.63) is 70.8 Å². The Hall–Kier alpha value is -2.08. The molecule has 0 amide bonds. The van der Waals surface area contributed by atoms with Gasteiger partial charge in [-0.1, -0.05) is 30.3 Å². The molecule has 1 heterocycles. The fourth-order valence-electron chi connectivity index (χ4n) is 3.15. The highest BCUT2D eigenvalue weighted by molar-refractivity contribution is 7.90. The number of hydroxylamine groups is 2. The van der Waals surface area contributed by atoms with Crippen LogP contribution in [0.5, 0.6) is 0 Å². The molecule has 5 nitrogen and oxygen atoms in total. The van der Waals surface area contributed by atoms with E-state index in [1.807, 2.05) is 0 Å². The van der Waals surface area contributed by atoms with Crippen LogP contribution in [0.4, 0.5) is 22.0 Å². The lowest BCUT2D eigenvalue weighted by molar-refractivity contribution is -0.137. The maximum atomic E-state index is 14.2. The van der Waals surface area contributed by atoms with Gasteiger partial charge in [0.25, 0.3) is 0 Å². The number of benzene rings is 2. The van der Waals surface area contributed by atoms with Crippen LogP contribution in [0.15, 0.2) is 42.5 Å². The zero-order valence-corrected chi connectivity index (χ0v) is 15.9. The number of rotatable bonds is 5. The SMILES string of the molecule is CN1OCC(S(=O)(=O)NCc2cccc(C(F)(F)F)c2)C1c1cccc(F)c1F. The van der Waals surface area contributed by atoms with Crippen LogP contribution in [-0.2, 0) is 27.6 Å². The van der Waals surface area contributed by atoms with E-state index in [-0.39, 0.29) is 17.7 Å². The average Bonchev–Trinajstić information content (AvgIpc) is 3.04. The van der Waals surface area contributed by atoms with E-state index in [1.165, 1.54) is 31.3 Å². The van der Waals surface area contributed by atoms with Crippen LogP contribution in [0.25, 0.3) is 0 Å². The summed E-state index contributed by atoms with van der Waals surface area (Å²) in [5.74, 6) is -2.32. The van der Waals surface area contributed by atoms with Crippen LogP contribution in [0.3, 0.4) is 0 Å². The summed E-state index contributed by atoms with van der Waals surface area (Å²) < 4.78 is 94.0. The highest BCUT2D eigenvalue weighted by Gasteiger charge is 2.44. The van der Waals surface area contributed by atoms with Crippen molar-refractivity contribution < 1.29 is 35.2 Å². The molecule has 158 valence electrons. The van der Waals surface area contributed by atoms with Crippen LogP contribution in [0, 0.1) is 11.6 Å². The molecule has 1 fully saturated rings. The van der Waals surface area contributed by atoms with Gasteiger partial charge in [-0.15, -0.1) is 0 Å². The van der Waals surface area contributed by atoms with Crippen molar-refractivity contribution >= 4 is 10.0 Å². The Labute approximate surface area is 164 Å². The number of hydrogen-bond donors (Lipinski definition) is 1. The number of sulfonamides is 1. The Balaban J connectivity index is 1.82. The molecule has 2 aromatic carbocycles. The molecule has 0 spiro atoms. The van der Waals surface area contributed by atoms with Gasteiger partial charge in [0.05, 0.1) is 18.2 Å². The van der Waals surface area contributed by atoms with Crippen molar-refractivity contribution in [3.63, 3.8) is 0 Å². The molecule has 0 aliphatic carbocycles. The molecule has 2 aromatic rings. The van der Waals surface area contributed by atoms with Crippen molar-refractivity contribution in [2.75, 3.05) is 13.7 Å². The second kappa shape index (κ2) is 7.98. The molecule has 1 saturated heterocycles. The monoisotopic (exact) mass is 436 g/mol. The third-order valence-electron chi connectivity index (χ3n) is 4.62. The highest BCUT2D eigenvalue weighted by Crippen LogP contribution is 2.35. The van der Waals surface area contributed by atoms with Crippen molar-refractivity contribution in [2.45, 2.75) is 24.0 Å². The molecule has 1 aliphatic rings. The van der Waals surface area contributed by atoms with Crippen molar-refractivity contribution in [3.8, 4) is 0 Å². The lowest BCUT2D eigenvalue weighted by Gasteiger charge is -2.23. The first-order valence-electron chi connectivity index (χ1n) is 8.45. The molecule has 1 aliphatic heterocycles. The molecule has 0 aromatic heterocycles. The minimum atomic E-state index is -4.56. The topological polar surface area (TPSA) is 58.6 Å². The molecule has 1 N–H and O–H groups in total. The van der Waals surface area contributed by atoms with Gasteiger partial charge in [-0.2, -0.15) is 18.2 Å². The molecular formula is C18H17F5N2O3S. The number of alkyl halides is 3. The second-order valence-corrected chi connectivity index (χ2v) is 8.52. The van der Waals surface area contributed by atoms with Gasteiger partial charge >= 0.3 is 6.18 Å². The summed E-state index contributed by atoms with van der Waals surface area (Å²) >= 11 is 0. The van der Waals surface area contributed by atoms with E-state index < -0.39 is 51.2 Å². The summed E-state index contributed by atoms with van der Waals surface area (Å²) in [6.07, 6.45) is -4.56. The Morgan fingerprint density at radius 1 is 1.17 bits per heavy atom. The predicted molar refractivity (Wildman–Crippen MR) is 93.8 cm³/mol. The smallest absolute Gasteiger partial charge is 0.297 e. The molecule has 2 unspecified atom stereocenters. The zero-order valence-electron chi connectivity index (χ0n) is 15.1.